The highest BCUT2D eigenvalue weighted by molar-refractivity contribution is 7.71. The average molecular weight is 319 g/mol. The van der Waals surface area contributed by atoms with Gasteiger partial charge in [0.2, 0.25) is 6.79 Å². The van der Waals surface area contributed by atoms with Crippen LogP contribution in [0.4, 0.5) is 0 Å². The fraction of sp³-hybridized carbons (Fsp3) is 0.467. The molecule has 0 bridgehead atoms. The van der Waals surface area contributed by atoms with Gasteiger partial charge in [-0.25, -0.2) is 0 Å². The smallest absolute Gasteiger partial charge is 0.262 e. The van der Waals surface area contributed by atoms with Gasteiger partial charge in [-0.2, -0.15) is 0 Å². The van der Waals surface area contributed by atoms with E-state index in [1.807, 2.05) is 0 Å². The van der Waals surface area contributed by atoms with Crippen LogP contribution in [-0.2, 0) is 6.54 Å². The highest BCUT2D eigenvalue weighted by atomic mass is 32.1. The Hall–Kier alpha value is -1.86. The van der Waals surface area contributed by atoms with Crippen LogP contribution in [0, 0.1) is 4.77 Å². The number of aromatic nitrogens is 2. The number of hydrogen-bond acceptors (Lipinski definition) is 5. The SMILES string of the molecule is O=c1c2cc3c(cc2[nH]c(=S)n1CCN1CCCC1)OCO3. The predicted octanol–water partition coefficient (Wildman–Crippen LogP) is 1.88. The van der Waals surface area contributed by atoms with Crippen molar-refractivity contribution in [1.82, 2.24) is 14.5 Å². The molecule has 1 aromatic carbocycles. The van der Waals surface area contributed by atoms with Crippen LogP contribution in [-0.4, -0.2) is 40.9 Å². The Balaban J connectivity index is 1.73. The van der Waals surface area contributed by atoms with Crippen molar-refractivity contribution in [2.45, 2.75) is 19.4 Å². The lowest BCUT2D eigenvalue weighted by molar-refractivity contribution is 0.174. The third-order valence-electron chi connectivity index (χ3n) is 4.31. The van der Waals surface area contributed by atoms with Gasteiger partial charge in [0.1, 0.15) is 0 Å². The minimum atomic E-state index is -0.0729. The first-order valence-electron chi connectivity index (χ1n) is 7.51. The second kappa shape index (κ2) is 5.40. The molecule has 2 aliphatic heterocycles. The fourth-order valence-corrected chi connectivity index (χ4v) is 3.38. The number of aromatic amines is 1. The van der Waals surface area contributed by atoms with E-state index in [1.54, 1.807) is 16.7 Å². The number of benzene rings is 1. The molecule has 3 heterocycles. The van der Waals surface area contributed by atoms with Gasteiger partial charge >= 0.3 is 0 Å². The summed E-state index contributed by atoms with van der Waals surface area (Å²) in [4.78, 5) is 18.2. The van der Waals surface area contributed by atoms with E-state index in [9.17, 15) is 4.79 Å². The molecule has 0 radical (unpaired) electrons. The summed E-state index contributed by atoms with van der Waals surface area (Å²) < 4.78 is 12.8. The number of fused-ring (bicyclic) bond motifs is 2. The number of H-pyrrole nitrogens is 1. The Morgan fingerprint density at radius 3 is 2.64 bits per heavy atom. The Morgan fingerprint density at radius 1 is 1.14 bits per heavy atom. The van der Waals surface area contributed by atoms with E-state index in [-0.39, 0.29) is 12.4 Å². The van der Waals surface area contributed by atoms with Crippen LogP contribution < -0.4 is 15.0 Å². The molecular weight excluding hydrogens is 302 g/mol. The summed E-state index contributed by atoms with van der Waals surface area (Å²) in [5.74, 6) is 1.26. The van der Waals surface area contributed by atoms with Gasteiger partial charge in [-0.15, -0.1) is 0 Å². The van der Waals surface area contributed by atoms with Gasteiger partial charge in [0.25, 0.3) is 5.56 Å². The zero-order valence-electron chi connectivity index (χ0n) is 12.1. The van der Waals surface area contributed by atoms with Crippen molar-refractivity contribution in [3.8, 4) is 11.5 Å². The zero-order valence-corrected chi connectivity index (χ0v) is 12.9. The van der Waals surface area contributed by atoms with Crippen LogP contribution in [0.15, 0.2) is 16.9 Å². The maximum absolute atomic E-state index is 12.7. The second-order valence-electron chi connectivity index (χ2n) is 5.69. The molecule has 0 amide bonds. The number of ether oxygens (including phenoxy) is 2. The number of likely N-dealkylation sites (tertiary alicyclic amines) is 1. The predicted molar refractivity (Wildman–Crippen MR) is 85.2 cm³/mol. The van der Waals surface area contributed by atoms with Crippen LogP contribution in [0.5, 0.6) is 11.5 Å². The molecule has 22 heavy (non-hydrogen) atoms. The number of nitrogens with zero attached hydrogens (tertiary/aromatic N) is 2. The Labute approximate surface area is 132 Å². The highest BCUT2D eigenvalue weighted by Gasteiger charge is 2.17. The molecule has 0 unspecified atom stereocenters. The first-order valence-corrected chi connectivity index (χ1v) is 7.92. The molecule has 2 aliphatic rings. The van der Waals surface area contributed by atoms with Gasteiger partial charge in [0.05, 0.1) is 10.9 Å². The van der Waals surface area contributed by atoms with Gasteiger partial charge in [0, 0.05) is 19.2 Å². The van der Waals surface area contributed by atoms with Crippen LogP contribution in [0.2, 0.25) is 0 Å². The van der Waals surface area contributed by atoms with Crippen molar-refractivity contribution in [3.05, 3.63) is 27.3 Å². The lowest BCUT2D eigenvalue weighted by atomic mass is 10.2. The van der Waals surface area contributed by atoms with Crippen molar-refractivity contribution >= 4 is 23.1 Å². The number of rotatable bonds is 3. The van der Waals surface area contributed by atoms with Crippen molar-refractivity contribution in [2.75, 3.05) is 26.4 Å². The molecule has 0 aliphatic carbocycles. The molecule has 116 valence electrons. The second-order valence-corrected chi connectivity index (χ2v) is 6.07. The maximum Gasteiger partial charge on any atom is 0.262 e. The average Bonchev–Trinajstić information content (AvgIpc) is 3.15. The van der Waals surface area contributed by atoms with Crippen LogP contribution in [0.3, 0.4) is 0 Å². The third-order valence-corrected chi connectivity index (χ3v) is 4.64. The Morgan fingerprint density at radius 2 is 1.86 bits per heavy atom. The van der Waals surface area contributed by atoms with E-state index in [0.717, 1.165) is 19.6 Å². The van der Waals surface area contributed by atoms with Gasteiger partial charge in [-0.1, -0.05) is 0 Å². The van der Waals surface area contributed by atoms with Gasteiger partial charge < -0.3 is 19.4 Å². The summed E-state index contributed by atoms with van der Waals surface area (Å²) in [5.41, 5.74) is 0.618. The lowest BCUT2D eigenvalue weighted by Crippen LogP contribution is -2.30. The summed E-state index contributed by atoms with van der Waals surface area (Å²) in [6, 6.07) is 3.51. The van der Waals surface area contributed by atoms with Crippen molar-refractivity contribution in [1.29, 1.82) is 0 Å². The minimum Gasteiger partial charge on any atom is -0.454 e. The zero-order chi connectivity index (χ0) is 15.1. The summed E-state index contributed by atoms with van der Waals surface area (Å²) in [7, 11) is 0. The molecule has 1 fully saturated rings. The Bertz CT molecular complexity index is 836. The highest BCUT2D eigenvalue weighted by Crippen LogP contribution is 2.34. The van der Waals surface area contributed by atoms with Crippen molar-refractivity contribution in [3.63, 3.8) is 0 Å². The van der Waals surface area contributed by atoms with E-state index in [0.29, 0.717) is 33.7 Å². The molecule has 6 nitrogen and oxygen atoms in total. The molecular formula is C15H17N3O3S. The molecule has 7 heteroatoms. The third kappa shape index (κ3) is 2.30. The lowest BCUT2D eigenvalue weighted by Gasteiger charge is -2.15. The molecule has 0 saturated carbocycles. The van der Waals surface area contributed by atoms with Crippen LogP contribution >= 0.6 is 12.2 Å². The number of hydrogen-bond donors (Lipinski definition) is 1. The van der Waals surface area contributed by atoms with E-state index in [1.165, 1.54) is 12.8 Å². The standard InChI is InChI=1S/C15H17N3O3S/c19-14-10-7-12-13(21-9-20-12)8-11(10)16-15(22)18(14)6-5-17-3-1-2-4-17/h7-8H,1-6,9H2,(H,16,22). The summed E-state index contributed by atoms with van der Waals surface area (Å²) in [6.45, 7) is 3.87. The summed E-state index contributed by atoms with van der Waals surface area (Å²) >= 11 is 5.35. The van der Waals surface area contributed by atoms with Gasteiger partial charge in [-0.3, -0.25) is 9.36 Å². The quantitative estimate of drug-likeness (QED) is 0.876. The van der Waals surface area contributed by atoms with Crippen molar-refractivity contribution < 1.29 is 9.47 Å². The van der Waals surface area contributed by atoms with Crippen LogP contribution in [0.1, 0.15) is 12.8 Å². The normalized spacial score (nSPS) is 17.5. The minimum absolute atomic E-state index is 0.0729. The van der Waals surface area contributed by atoms with Gasteiger partial charge in [0.15, 0.2) is 16.3 Å². The largest absolute Gasteiger partial charge is 0.454 e. The molecule has 2 aromatic rings. The topological polar surface area (TPSA) is 59.5 Å². The monoisotopic (exact) mass is 319 g/mol. The van der Waals surface area contributed by atoms with Crippen LogP contribution in [0.25, 0.3) is 10.9 Å². The fourth-order valence-electron chi connectivity index (χ4n) is 3.09. The van der Waals surface area contributed by atoms with Gasteiger partial charge in [-0.05, 0) is 44.2 Å². The van der Waals surface area contributed by atoms with Crippen molar-refractivity contribution in [2.24, 2.45) is 0 Å². The van der Waals surface area contributed by atoms with E-state index in [4.69, 9.17) is 21.7 Å². The molecule has 1 saturated heterocycles. The summed E-state index contributed by atoms with van der Waals surface area (Å²) in [6.07, 6.45) is 2.48. The number of nitrogens with one attached hydrogen (secondary N) is 1. The summed E-state index contributed by atoms with van der Waals surface area (Å²) in [5, 5.41) is 0.583. The molecule has 1 aromatic heterocycles. The van der Waals surface area contributed by atoms with E-state index < -0.39 is 0 Å². The van der Waals surface area contributed by atoms with E-state index in [2.05, 4.69) is 9.88 Å². The molecule has 0 atom stereocenters. The molecule has 0 spiro atoms. The first-order chi connectivity index (χ1) is 10.7. The molecule has 4 rings (SSSR count). The maximum atomic E-state index is 12.7. The molecule has 1 N–H and O–H groups in total. The van der Waals surface area contributed by atoms with E-state index >= 15 is 0 Å². The first kappa shape index (κ1) is 13.8. The Kier molecular flexibility index (Phi) is 3.38.